The number of aromatic nitrogens is 1. The Balaban J connectivity index is 1.50. The summed E-state index contributed by atoms with van der Waals surface area (Å²) in [5, 5.41) is 5.65. The number of anilines is 1. The van der Waals surface area contributed by atoms with Crippen molar-refractivity contribution in [2.24, 2.45) is 5.92 Å². The molecule has 10 heteroatoms. The van der Waals surface area contributed by atoms with Crippen LogP contribution in [0, 0.1) is 5.92 Å². The maximum atomic E-state index is 13.4. The number of ether oxygens (including phenoxy) is 1. The van der Waals surface area contributed by atoms with E-state index in [9.17, 15) is 22.8 Å². The van der Waals surface area contributed by atoms with E-state index in [0.29, 0.717) is 43.2 Å². The summed E-state index contributed by atoms with van der Waals surface area (Å²) in [4.78, 5) is 31.9. The Bertz CT molecular complexity index is 1080. The van der Waals surface area contributed by atoms with Crippen molar-refractivity contribution in [3.63, 3.8) is 0 Å². The van der Waals surface area contributed by atoms with E-state index in [1.807, 2.05) is 4.90 Å². The fourth-order valence-electron chi connectivity index (χ4n) is 4.99. The minimum atomic E-state index is -4.56. The number of amides is 2. The highest BCUT2D eigenvalue weighted by atomic mass is 19.4. The smallest absolute Gasteiger partial charge is 0.410 e. The summed E-state index contributed by atoms with van der Waals surface area (Å²) in [6.07, 6.45) is -0.186. The molecule has 2 amide bonds. The first-order chi connectivity index (χ1) is 17.7. The number of nitrogens with one attached hydrogen (secondary N) is 2. The molecule has 1 aliphatic heterocycles. The Hall–Kier alpha value is -3.30. The molecule has 2 aliphatic rings. The van der Waals surface area contributed by atoms with Crippen LogP contribution in [0.3, 0.4) is 0 Å². The summed E-state index contributed by atoms with van der Waals surface area (Å²) < 4.78 is 45.6. The van der Waals surface area contributed by atoms with Crippen molar-refractivity contribution in [2.45, 2.75) is 70.1 Å². The Kier molecular flexibility index (Phi) is 8.24. The first kappa shape index (κ1) is 26.8. The lowest BCUT2D eigenvalue weighted by molar-refractivity contribution is -0.141. The van der Waals surface area contributed by atoms with Crippen LogP contribution in [0.15, 0.2) is 42.5 Å². The molecule has 37 heavy (non-hydrogen) atoms. The predicted octanol–water partition coefficient (Wildman–Crippen LogP) is 5.44. The van der Waals surface area contributed by atoms with Crippen LogP contribution in [0.4, 0.5) is 23.8 Å². The lowest BCUT2D eigenvalue weighted by Gasteiger charge is -2.36. The standard InChI is InChI=1S/C27H33F3N4O3/c1-19-12-16-34(17-13-19)23-20(10-11-22(32-23)27(28,29)30)18-31-24(35)26(14-6-3-7-15-26)33-25(36)37-21-8-4-2-5-9-21/h2,4-5,8-11,19H,3,6-7,12-18H2,1H3,(H,31,35)(H,33,36). The number of para-hydroxylation sites is 1. The van der Waals surface area contributed by atoms with Gasteiger partial charge in [-0.1, -0.05) is 50.5 Å². The number of hydrogen-bond donors (Lipinski definition) is 2. The maximum absolute atomic E-state index is 13.4. The number of alkyl halides is 3. The zero-order chi connectivity index (χ0) is 26.5. The van der Waals surface area contributed by atoms with E-state index in [1.54, 1.807) is 30.3 Å². The zero-order valence-electron chi connectivity index (χ0n) is 20.9. The summed E-state index contributed by atoms with van der Waals surface area (Å²) in [5.41, 5.74) is -1.59. The van der Waals surface area contributed by atoms with Crippen LogP contribution >= 0.6 is 0 Å². The number of rotatable bonds is 6. The molecule has 2 aromatic rings. The van der Waals surface area contributed by atoms with Crippen molar-refractivity contribution in [3.05, 3.63) is 53.7 Å². The molecular weight excluding hydrogens is 485 g/mol. The fraction of sp³-hybridized carbons (Fsp3) is 0.519. The summed E-state index contributed by atoms with van der Waals surface area (Å²) in [7, 11) is 0. The van der Waals surface area contributed by atoms with E-state index in [-0.39, 0.29) is 18.3 Å². The van der Waals surface area contributed by atoms with Crippen molar-refractivity contribution in [1.29, 1.82) is 0 Å². The SMILES string of the molecule is CC1CCN(c2nc(C(F)(F)F)ccc2CNC(=O)C2(NC(=O)Oc3ccccc3)CCCCC2)CC1. The second-order valence-corrected chi connectivity index (χ2v) is 10.00. The van der Waals surface area contributed by atoms with Crippen molar-refractivity contribution in [2.75, 3.05) is 18.0 Å². The van der Waals surface area contributed by atoms with Crippen LogP contribution in [-0.4, -0.2) is 35.6 Å². The first-order valence-electron chi connectivity index (χ1n) is 12.8. The summed E-state index contributed by atoms with van der Waals surface area (Å²) in [6, 6.07) is 10.9. The number of hydrogen-bond acceptors (Lipinski definition) is 5. The minimum absolute atomic E-state index is 0.00250. The quantitative estimate of drug-likeness (QED) is 0.532. The highest BCUT2D eigenvalue weighted by Gasteiger charge is 2.41. The van der Waals surface area contributed by atoms with E-state index < -0.39 is 23.5 Å². The third-order valence-electron chi connectivity index (χ3n) is 7.21. The lowest BCUT2D eigenvalue weighted by atomic mass is 9.81. The molecule has 1 saturated heterocycles. The average molecular weight is 519 g/mol. The number of piperidine rings is 1. The van der Waals surface area contributed by atoms with E-state index >= 15 is 0 Å². The second kappa shape index (κ2) is 11.4. The molecule has 0 radical (unpaired) electrons. The van der Waals surface area contributed by atoms with Crippen LogP contribution in [-0.2, 0) is 17.5 Å². The molecule has 7 nitrogen and oxygen atoms in total. The van der Waals surface area contributed by atoms with Gasteiger partial charge in [0, 0.05) is 25.2 Å². The third-order valence-corrected chi connectivity index (χ3v) is 7.21. The number of halogens is 3. The van der Waals surface area contributed by atoms with Gasteiger partial charge < -0.3 is 20.3 Å². The third kappa shape index (κ3) is 6.72. The minimum Gasteiger partial charge on any atom is -0.410 e. The molecule has 0 bridgehead atoms. The molecular formula is C27H33F3N4O3. The molecule has 4 rings (SSSR count). The summed E-state index contributed by atoms with van der Waals surface area (Å²) >= 11 is 0. The molecule has 2 fully saturated rings. The van der Waals surface area contributed by atoms with Gasteiger partial charge in [0.25, 0.3) is 0 Å². The predicted molar refractivity (Wildman–Crippen MR) is 133 cm³/mol. The number of carbonyl (C=O) groups excluding carboxylic acids is 2. The van der Waals surface area contributed by atoms with Crippen molar-refractivity contribution >= 4 is 17.8 Å². The molecule has 1 aliphatic carbocycles. The fourth-order valence-corrected chi connectivity index (χ4v) is 4.99. The van der Waals surface area contributed by atoms with E-state index in [1.165, 1.54) is 6.07 Å². The number of nitrogens with zero attached hydrogens (tertiary/aromatic N) is 2. The van der Waals surface area contributed by atoms with Gasteiger partial charge in [0.2, 0.25) is 5.91 Å². The summed E-state index contributed by atoms with van der Waals surface area (Å²) in [6.45, 7) is 3.33. The van der Waals surface area contributed by atoms with E-state index in [4.69, 9.17) is 4.74 Å². The number of pyridine rings is 1. The van der Waals surface area contributed by atoms with Gasteiger partial charge in [-0.25, -0.2) is 9.78 Å². The van der Waals surface area contributed by atoms with E-state index in [0.717, 1.165) is 38.2 Å². The Labute approximate surface area is 214 Å². The van der Waals surface area contributed by atoms with Crippen molar-refractivity contribution < 1.29 is 27.5 Å². The molecule has 200 valence electrons. The largest absolute Gasteiger partial charge is 0.433 e. The Morgan fingerprint density at radius 2 is 1.73 bits per heavy atom. The van der Waals surface area contributed by atoms with Gasteiger partial charge in [-0.3, -0.25) is 4.79 Å². The van der Waals surface area contributed by atoms with Crippen LogP contribution in [0.25, 0.3) is 0 Å². The Morgan fingerprint density at radius 3 is 2.38 bits per heavy atom. The van der Waals surface area contributed by atoms with Gasteiger partial charge in [0.05, 0.1) is 0 Å². The van der Waals surface area contributed by atoms with Gasteiger partial charge in [-0.05, 0) is 49.8 Å². The van der Waals surface area contributed by atoms with Crippen molar-refractivity contribution in [1.82, 2.24) is 15.6 Å². The normalized spacial score (nSPS) is 18.2. The maximum Gasteiger partial charge on any atom is 0.433 e. The van der Waals surface area contributed by atoms with Gasteiger partial charge in [-0.15, -0.1) is 0 Å². The van der Waals surface area contributed by atoms with Gasteiger partial charge in [-0.2, -0.15) is 13.2 Å². The van der Waals surface area contributed by atoms with Crippen LogP contribution in [0.2, 0.25) is 0 Å². The van der Waals surface area contributed by atoms with Crippen LogP contribution < -0.4 is 20.3 Å². The van der Waals surface area contributed by atoms with Gasteiger partial charge >= 0.3 is 12.3 Å². The molecule has 0 atom stereocenters. The highest BCUT2D eigenvalue weighted by Crippen LogP contribution is 2.33. The van der Waals surface area contributed by atoms with Gasteiger partial charge in [0.1, 0.15) is 22.8 Å². The number of carbonyl (C=O) groups is 2. The molecule has 2 heterocycles. The lowest BCUT2D eigenvalue weighted by Crippen LogP contribution is -2.60. The Morgan fingerprint density at radius 1 is 1.05 bits per heavy atom. The second-order valence-electron chi connectivity index (χ2n) is 10.00. The molecule has 2 N–H and O–H groups in total. The topological polar surface area (TPSA) is 83.6 Å². The molecule has 1 aromatic heterocycles. The molecule has 0 unspecified atom stereocenters. The van der Waals surface area contributed by atoms with E-state index in [2.05, 4.69) is 22.5 Å². The zero-order valence-corrected chi connectivity index (χ0v) is 20.9. The van der Waals surface area contributed by atoms with Crippen molar-refractivity contribution in [3.8, 4) is 5.75 Å². The molecule has 1 saturated carbocycles. The van der Waals surface area contributed by atoms with Crippen LogP contribution in [0.1, 0.15) is 63.1 Å². The number of benzene rings is 1. The first-order valence-corrected chi connectivity index (χ1v) is 12.8. The monoisotopic (exact) mass is 518 g/mol. The van der Waals surface area contributed by atoms with Gasteiger partial charge in [0.15, 0.2) is 0 Å². The molecule has 0 spiro atoms. The highest BCUT2D eigenvalue weighted by molar-refractivity contribution is 5.90. The average Bonchev–Trinajstić information content (AvgIpc) is 2.88. The van der Waals surface area contributed by atoms with Crippen LogP contribution in [0.5, 0.6) is 5.75 Å². The molecule has 1 aromatic carbocycles. The summed E-state index contributed by atoms with van der Waals surface area (Å²) in [5.74, 6) is 0.729.